The van der Waals surface area contributed by atoms with Crippen LogP contribution in [0.3, 0.4) is 0 Å². The van der Waals surface area contributed by atoms with E-state index in [4.69, 9.17) is 5.73 Å². The number of hydrogen-bond donors (Lipinski definition) is 2. The zero-order valence-corrected chi connectivity index (χ0v) is 13.5. The Morgan fingerprint density at radius 1 is 1.04 bits per heavy atom. The second-order valence-electron chi connectivity index (χ2n) is 5.70. The molecule has 2 rings (SSSR count). The molecule has 0 aromatic heterocycles. The molecule has 4 nitrogen and oxygen atoms in total. The predicted molar refractivity (Wildman–Crippen MR) is 92.2 cm³/mol. The van der Waals surface area contributed by atoms with Crippen LogP contribution in [0.4, 0.5) is 5.69 Å². The van der Waals surface area contributed by atoms with Gasteiger partial charge in [0.15, 0.2) is 0 Å². The Morgan fingerprint density at radius 2 is 1.65 bits per heavy atom. The van der Waals surface area contributed by atoms with Crippen molar-refractivity contribution in [2.24, 2.45) is 11.7 Å². The van der Waals surface area contributed by atoms with E-state index in [-0.39, 0.29) is 17.7 Å². The van der Waals surface area contributed by atoms with E-state index < -0.39 is 5.91 Å². The van der Waals surface area contributed by atoms with Gasteiger partial charge >= 0.3 is 0 Å². The van der Waals surface area contributed by atoms with Gasteiger partial charge in [-0.25, -0.2) is 0 Å². The number of carbonyl (C=O) groups is 2. The fraction of sp³-hybridized carbons (Fsp3) is 0.263. The van der Waals surface area contributed by atoms with Crippen molar-refractivity contribution in [2.75, 3.05) is 5.32 Å². The summed E-state index contributed by atoms with van der Waals surface area (Å²) in [7, 11) is 0. The number of primary amides is 1. The van der Waals surface area contributed by atoms with Crippen LogP contribution in [0, 0.1) is 5.92 Å². The SMILES string of the molecule is CC[C@H](C)[C@H](C(=O)Nc1ccc(C(N)=O)cc1)c1ccccc1. The Labute approximate surface area is 136 Å². The smallest absolute Gasteiger partial charge is 0.248 e. The van der Waals surface area contributed by atoms with Crippen molar-refractivity contribution in [3.05, 3.63) is 65.7 Å². The zero-order valence-electron chi connectivity index (χ0n) is 13.5. The van der Waals surface area contributed by atoms with Gasteiger partial charge in [-0.3, -0.25) is 9.59 Å². The molecule has 0 unspecified atom stereocenters. The highest BCUT2D eigenvalue weighted by atomic mass is 16.2. The maximum absolute atomic E-state index is 12.7. The molecular weight excluding hydrogens is 288 g/mol. The average Bonchev–Trinajstić information content (AvgIpc) is 2.56. The van der Waals surface area contributed by atoms with Crippen LogP contribution < -0.4 is 11.1 Å². The molecule has 23 heavy (non-hydrogen) atoms. The zero-order chi connectivity index (χ0) is 16.8. The third-order valence-electron chi connectivity index (χ3n) is 4.09. The van der Waals surface area contributed by atoms with Gasteiger partial charge in [-0.1, -0.05) is 50.6 Å². The second-order valence-corrected chi connectivity index (χ2v) is 5.70. The third kappa shape index (κ3) is 4.19. The minimum Gasteiger partial charge on any atom is -0.366 e. The molecule has 3 N–H and O–H groups in total. The van der Waals surface area contributed by atoms with Crippen LogP contribution in [-0.2, 0) is 4.79 Å². The fourth-order valence-electron chi connectivity index (χ4n) is 2.57. The van der Waals surface area contributed by atoms with Gasteiger partial charge in [-0.15, -0.1) is 0 Å². The second kappa shape index (κ2) is 7.58. The van der Waals surface area contributed by atoms with Crippen molar-refractivity contribution in [1.82, 2.24) is 0 Å². The van der Waals surface area contributed by atoms with E-state index in [0.29, 0.717) is 11.3 Å². The first-order valence-electron chi connectivity index (χ1n) is 7.78. The molecule has 2 aromatic carbocycles. The van der Waals surface area contributed by atoms with E-state index >= 15 is 0 Å². The quantitative estimate of drug-likeness (QED) is 0.856. The summed E-state index contributed by atoms with van der Waals surface area (Å²) in [5.74, 6) is -0.513. The lowest BCUT2D eigenvalue weighted by molar-refractivity contribution is -0.118. The Balaban J connectivity index is 2.19. The number of benzene rings is 2. The topological polar surface area (TPSA) is 72.2 Å². The normalized spacial score (nSPS) is 13.1. The Morgan fingerprint density at radius 3 is 2.17 bits per heavy atom. The number of hydrogen-bond acceptors (Lipinski definition) is 2. The summed E-state index contributed by atoms with van der Waals surface area (Å²) < 4.78 is 0. The first kappa shape index (κ1) is 16.7. The van der Waals surface area contributed by atoms with Crippen molar-refractivity contribution in [3.63, 3.8) is 0 Å². The van der Waals surface area contributed by atoms with E-state index in [1.165, 1.54) is 0 Å². The van der Waals surface area contributed by atoms with Crippen LogP contribution in [0.1, 0.15) is 42.1 Å². The lowest BCUT2D eigenvalue weighted by Gasteiger charge is -2.22. The summed E-state index contributed by atoms with van der Waals surface area (Å²) >= 11 is 0. The van der Waals surface area contributed by atoms with Crippen LogP contribution >= 0.6 is 0 Å². The molecule has 0 aliphatic heterocycles. The molecule has 0 radical (unpaired) electrons. The van der Waals surface area contributed by atoms with E-state index in [2.05, 4.69) is 19.2 Å². The molecule has 0 bridgehead atoms. The van der Waals surface area contributed by atoms with Crippen molar-refractivity contribution >= 4 is 17.5 Å². The standard InChI is InChI=1S/C19H22N2O2/c1-3-13(2)17(14-7-5-4-6-8-14)19(23)21-16-11-9-15(10-12-16)18(20)22/h4-13,17H,3H2,1-2H3,(H2,20,22)(H,21,23)/t13-,17-/m0/s1. The van der Waals surface area contributed by atoms with Crippen molar-refractivity contribution in [1.29, 1.82) is 0 Å². The van der Waals surface area contributed by atoms with E-state index in [1.807, 2.05) is 30.3 Å². The van der Waals surface area contributed by atoms with Gasteiger partial charge in [-0.05, 0) is 35.7 Å². The van der Waals surface area contributed by atoms with Crippen molar-refractivity contribution < 1.29 is 9.59 Å². The van der Waals surface area contributed by atoms with Crippen LogP contribution in [0.2, 0.25) is 0 Å². The van der Waals surface area contributed by atoms with E-state index in [9.17, 15) is 9.59 Å². The average molecular weight is 310 g/mol. The molecule has 0 saturated carbocycles. The van der Waals surface area contributed by atoms with E-state index in [1.54, 1.807) is 24.3 Å². The van der Waals surface area contributed by atoms with Gasteiger partial charge in [0, 0.05) is 11.3 Å². The number of rotatable bonds is 6. The number of carbonyl (C=O) groups excluding carboxylic acids is 2. The van der Waals surface area contributed by atoms with Gasteiger partial charge in [0.1, 0.15) is 0 Å². The van der Waals surface area contributed by atoms with Crippen LogP contribution in [-0.4, -0.2) is 11.8 Å². The van der Waals surface area contributed by atoms with Gasteiger partial charge in [0.2, 0.25) is 11.8 Å². The third-order valence-corrected chi connectivity index (χ3v) is 4.09. The molecule has 2 amide bonds. The van der Waals surface area contributed by atoms with Gasteiger partial charge in [0.05, 0.1) is 5.92 Å². The number of nitrogens with one attached hydrogen (secondary N) is 1. The molecule has 4 heteroatoms. The summed E-state index contributed by atoms with van der Waals surface area (Å²) in [5, 5.41) is 2.93. The highest BCUT2D eigenvalue weighted by molar-refractivity contribution is 5.97. The Kier molecular flexibility index (Phi) is 5.52. The van der Waals surface area contributed by atoms with Crippen LogP contribution in [0.25, 0.3) is 0 Å². The molecule has 2 atom stereocenters. The maximum atomic E-state index is 12.7. The lowest BCUT2D eigenvalue weighted by atomic mass is 9.85. The van der Waals surface area contributed by atoms with Gasteiger partial charge < -0.3 is 11.1 Å². The highest BCUT2D eigenvalue weighted by Gasteiger charge is 2.25. The minimum atomic E-state index is -0.482. The summed E-state index contributed by atoms with van der Waals surface area (Å²) in [6.45, 7) is 4.16. The molecule has 0 aliphatic rings. The van der Waals surface area contributed by atoms with Crippen molar-refractivity contribution in [2.45, 2.75) is 26.2 Å². The van der Waals surface area contributed by atoms with Crippen LogP contribution in [0.5, 0.6) is 0 Å². The molecule has 0 heterocycles. The maximum Gasteiger partial charge on any atom is 0.248 e. The Hall–Kier alpha value is -2.62. The molecule has 0 spiro atoms. The monoisotopic (exact) mass is 310 g/mol. The highest BCUT2D eigenvalue weighted by Crippen LogP contribution is 2.28. The molecule has 0 saturated heterocycles. The summed E-state index contributed by atoms with van der Waals surface area (Å²) in [6.07, 6.45) is 0.910. The number of nitrogens with two attached hydrogens (primary N) is 1. The minimum absolute atomic E-state index is 0.0441. The van der Waals surface area contributed by atoms with Crippen LogP contribution in [0.15, 0.2) is 54.6 Å². The van der Waals surface area contributed by atoms with Gasteiger partial charge in [0.25, 0.3) is 0 Å². The summed E-state index contributed by atoms with van der Waals surface area (Å²) in [5.41, 5.74) is 7.31. The van der Waals surface area contributed by atoms with Crippen molar-refractivity contribution in [3.8, 4) is 0 Å². The predicted octanol–water partition coefficient (Wildman–Crippen LogP) is 3.55. The molecule has 120 valence electrons. The largest absolute Gasteiger partial charge is 0.366 e. The Bertz CT molecular complexity index is 666. The molecule has 0 fully saturated rings. The number of amides is 2. The molecule has 2 aromatic rings. The van der Waals surface area contributed by atoms with Gasteiger partial charge in [-0.2, -0.15) is 0 Å². The molecule has 0 aliphatic carbocycles. The first-order chi connectivity index (χ1) is 11.0. The molecular formula is C19H22N2O2. The fourth-order valence-corrected chi connectivity index (χ4v) is 2.57. The lowest BCUT2D eigenvalue weighted by Crippen LogP contribution is -2.26. The first-order valence-corrected chi connectivity index (χ1v) is 7.78. The summed E-state index contributed by atoms with van der Waals surface area (Å²) in [6, 6.07) is 16.4. The summed E-state index contributed by atoms with van der Waals surface area (Å²) in [4.78, 5) is 23.8. The number of anilines is 1. The van der Waals surface area contributed by atoms with E-state index in [0.717, 1.165) is 12.0 Å².